The van der Waals surface area contributed by atoms with Crippen LogP contribution >= 0.6 is 0 Å². The number of hydrogen-bond acceptors (Lipinski definition) is 5. The molecule has 7 heteroatoms. The summed E-state index contributed by atoms with van der Waals surface area (Å²) in [5.74, 6) is 1.14. The summed E-state index contributed by atoms with van der Waals surface area (Å²) in [5.41, 5.74) is 0.0650. The predicted molar refractivity (Wildman–Crippen MR) is 143 cm³/mol. The number of nitrogens with zero attached hydrogens (tertiary/aromatic N) is 1. The summed E-state index contributed by atoms with van der Waals surface area (Å²) in [7, 11) is 0. The van der Waals surface area contributed by atoms with Crippen LogP contribution in [0.5, 0.6) is 0 Å². The lowest BCUT2D eigenvalue weighted by molar-refractivity contribution is -0.132. The number of rotatable bonds is 7. The quantitative estimate of drug-likeness (QED) is 0.519. The molecule has 3 N–H and O–H groups in total. The molecule has 1 saturated heterocycles. The van der Waals surface area contributed by atoms with Gasteiger partial charge in [-0.25, -0.2) is 4.79 Å². The molecule has 5 unspecified atom stereocenters. The number of benzene rings is 1. The van der Waals surface area contributed by atoms with Crippen molar-refractivity contribution >= 4 is 12.0 Å². The second-order valence-corrected chi connectivity index (χ2v) is 12.8. The van der Waals surface area contributed by atoms with Gasteiger partial charge in [-0.2, -0.15) is 0 Å². The Labute approximate surface area is 217 Å². The molecule has 36 heavy (non-hydrogen) atoms. The Morgan fingerprint density at radius 3 is 2.31 bits per heavy atom. The van der Waals surface area contributed by atoms with E-state index in [9.17, 15) is 14.7 Å². The van der Waals surface area contributed by atoms with E-state index < -0.39 is 23.8 Å². The molecule has 3 rings (SSSR count). The van der Waals surface area contributed by atoms with Gasteiger partial charge in [-0.05, 0) is 78.2 Å². The molecule has 2 fully saturated rings. The van der Waals surface area contributed by atoms with Crippen molar-refractivity contribution in [1.29, 1.82) is 0 Å². The Bertz CT molecular complexity index is 862. The smallest absolute Gasteiger partial charge is 0.407 e. The fraction of sp³-hybridized carbons (Fsp3) is 0.724. The summed E-state index contributed by atoms with van der Waals surface area (Å²) in [6.45, 7) is 12.6. The summed E-state index contributed by atoms with van der Waals surface area (Å²) in [4.78, 5) is 28.2. The van der Waals surface area contributed by atoms with Crippen molar-refractivity contribution in [2.24, 2.45) is 11.8 Å². The molecule has 2 amide bonds. The molecule has 5 atom stereocenters. The van der Waals surface area contributed by atoms with Crippen molar-refractivity contribution in [2.75, 3.05) is 13.1 Å². The first-order valence-electron chi connectivity index (χ1n) is 13.6. The van der Waals surface area contributed by atoms with Crippen LogP contribution in [0.4, 0.5) is 4.79 Å². The monoisotopic (exact) mass is 501 g/mol. The van der Waals surface area contributed by atoms with Crippen molar-refractivity contribution in [3.05, 3.63) is 35.9 Å². The van der Waals surface area contributed by atoms with Crippen LogP contribution in [0.2, 0.25) is 0 Å². The summed E-state index contributed by atoms with van der Waals surface area (Å²) in [6.07, 6.45) is 4.70. The number of β-amino-alcohol motifs (C(OH)–C–C–N with tert-alkyl or cyclic N) is 1. The zero-order valence-electron chi connectivity index (χ0n) is 23.0. The molecule has 2 aliphatic rings. The first-order chi connectivity index (χ1) is 16.8. The first-order valence-corrected chi connectivity index (χ1v) is 13.6. The van der Waals surface area contributed by atoms with Crippen LogP contribution in [0.25, 0.3) is 0 Å². The van der Waals surface area contributed by atoms with Gasteiger partial charge < -0.3 is 20.5 Å². The molecular weight excluding hydrogens is 454 g/mol. The number of carbonyl (C=O) groups is 2. The van der Waals surface area contributed by atoms with E-state index >= 15 is 0 Å². The Morgan fingerprint density at radius 1 is 1.06 bits per heavy atom. The van der Waals surface area contributed by atoms with Crippen LogP contribution in [0, 0.1) is 11.8 Å². The molecule has 1 saturated carbocycles. The van der Waals surface area contributed by atoms with Gasteiger partial charge >= 0.3 is 6.09 Å². The summed E-state index contributed by atoms with van der Waals surface area (Å²) < 4.78 is 5.49. The van der Waals surface area contributed by atoms with Crippen LogP contribution in [0.15, 0.2) is 30.3 Å². The third kappa shape index (κ3) is 8.77. The zero-order valence-corrected chi connectivity index (χ0v) is 23.0. The number of amides is 2. The second-order valence-electron chi connectivity index (χ2n) is 12.8. The van der Waals surface area contributed by atoms with Gasteiger partial charge in [0.15, 0.2) is 0 Å². The minimum atomic E-state index is -0.859. The fourth-order valence-corrected chi connectivity index (χ4v) is 5.60. The molecule has 0 spiro atoms. The van der Waals surface area contributed by atoms with Crippen LogP contribution in [-0.2, 0) is 16.0 Å². The number of aliphatic hydroxyl groups is 1. The zero-order chi connectivity index (χ0) is 26.5. The van der Waals surface area contributed by atoms with E-state index in [4.69, 9.17) is 4.74 Å². The van der Waals surface area contributed by atoms with Gasteiger partial charge in [-0.3, -0.25) is 9.69 Å². The number of nitrogens with one attached hydrogen (secondary N) is 2. The number of fused-ring (bicyclic) bond motifs is 1. The molecule has 202 valence electrons. The molecular formula is C29H47N3O4. The SMILES string of the molecule is CC(C)(C)NC(=O)C1CC2CCCCC2CN1CC(O)C(Cc1ccccc1)NC(=O)OC(C)(C)C. The summed E-state index contributed by atoms with van der Waals surface area (Å²) in [5, 5.41) is 17.5. The van der Waals surface area contributed by atoms with Gasteiger partial charge in [-0.15, -0.1) is 0 Å². The van der Waals surface area contributed by atoms with Gasteiger partial charge in [0.05, 0.1) is 18.2 Å². The average molecular weight is 502 g/mol. The third-order valence-corrected chi connectivity index (χ3v) is 7.19. The summed E-state index contributed by atoms with van der Waals surface area (Å²) in [6, 6.07) is 9.01. The number of aliphatic hydroxyl groups excluding tert-OH is 1. The third-order valence-electron chi connectivity index (χ3n) is 7.19. The molecule has 1 aromatic rings. The Morgan fingerprint density at radius 2 is 1.69 bits per heavy atom. The minimum absolute atomic E-state index is 0.0263. The molecule has 1 aliphatic carbocycles. The van der Waals surface area contributed by atoms with Crippen molar-refractivity contribution in [1.82, 2.24) is 15.5 Å². The lowest BCUT2D eigenvalue weighted by Gasteiger charge is -2.47. The highest BCUT2D eigenvalue weighted by atomic mass is 16.6. The number of hydrogen-bond donors (Lipinski definition) is 3. The lowest BCUT2D eigenvalue weighted by atomic mass is 9.72. The molecule has 0 radical (unpaired) electrons. The maximum absolute atomic E-state index is 13.4. The standard InChI is InChI=1S/C29H47N3O4/c1-28(2,3)31-26(34)24-17-21-14-10-11-15-22(21)18-32(24)19-25(33)23(16-20-12-8-7-9-13-20)30-27(35)36-29(4,5)6/h7-9,12-13,21-25,33H,10-11,14-19H2,1-6H3,(H,30,35)(H,31,34). The molecule has 7 nitrogen and oxygen atoms in total. The van der Waals surface area contributed by atoms with E-state index in [0.717, 1.165) is 18.5 Å². The number of ether oxygens (including phenoxy) is 1. The van der Waals surface area contributed by atoms with E-state index in [2.05, 4.69) is 15.5 Å². The molecule has 1 aliphatic heterocycles. The maximum Gasteiger partial charge on any atom is 0.407 e. The van der Waals surface area contributed by atoms with E-state index in [0.29, 0.717) is 24.8 Å². The normalized spacial score (nSPS) is 24.8. The Balaban J connectivity index is 1.78. The highest BCUT2D eigenvalue weighted by molar-refractivity contribution is 5.82. The Hall–Kier alpha value is -2.12. The fourth-order valence-electron chi connectivity index (χ4n) is 5.60. The number of piperidine rings is 1. The molecule has 0 bridgehead atoms. The van der Waals surface area contributed by atoms with E-state index in [1.807, 2.05) is 71.9 Å². The number of likely N-dealkylation sites (tertiary alicyclic amines) is 1. The maximum atomic E-state index is 13.4. The Kier molecular flexibility index (Phi) is 9.44. The highest BCUT2D eigenvalue weighted by Gasteiger charge is 2.41. The average Bonchev–Trinajstić information content (AvgIpc) is 2.76. The number of carbonyl (C=O) groups excluding carboxylic acids is 2. The van der Waals surface area contributed by atoms with E-state index in [-0.39, 0.29) is 17.5 Å². The van der Waals surface area contributed by atoms with Gasteiger partial charge in [0, 0.05) is 18.6 Å². The van der Waals surface area contributed by atoms with Crippen LogP contribution < -0.4 is 10.6 Å². The molecule has 1 heterocycles. The first kappa shape index (κ1) is 28.5. The topological polar surface area (TPSA) is 90.9 Å². The van der Waals surface area contributed by atoms with Gasteiger partial charge in [-0.1, -0.05) is 49.6 Å². The van der Waals surface area contributed by atoms with Gasteiger partial charge in [0.1, 0.15) is 5.60 Å². The predicted octanol–water partition coefficient (Wildman–Crippen LogP) is 4.28. The van der Waals surface area contributed by atoms with Crippen LogP contribution in [0.1, 0.15) is 79.2 Å². The van der Waals surface area contributed by atoms with Crippen LogP contribution in [-0.4, -0.2) is 64.4 Å². The highest BCUT2D eigenvalue weighted by Crippen LogP contribution is 2.39. The molecule has 1 aromatic carbocycles. The minimum Gasteiger partial charge on any atom is -0.444 e. The summed E-state index contributed by atoms with van der Waals surface area (Å²) >= 11 is 0. The van der Waals surface area contributed by atoms with E-state index in [1.54, 1.807) is 0 Å². The van der Waals surface area contributed by atoms with Crippen LogP contribution in [0.3, 0.4) is 0 Å². The van der Waals surface area contributed by atoms with Crippen molar-refractivity contribution in [3.63, 3.8) is 0 Å². The lowest BCUT2D eigenvalue weighted by Crippen LogP contribution is -2.60. The molecule has 0 aromatic heterocycles. The van der Waals surface area contributed by atoms with E-state index in [1.165, 1.54) is 25.7 Å². The van der Waals surface area contributed by atoms with Gasteiger partial charge in [0.2, 0.25) is 5.91 Å². The van der Waals surface area contributed by atoms with Crippen molar-refractivity contribution in [3.8, 4) is 0 Å². The van der Waals surface area contributed by atoms with Gasteiger partial charge in [0.25, 0.3) is 0 Å². The van der Waals surface area contributed by atoms with Crippen molar-refractivity contribution < 1.29 is 19.4 Å². The largest absolute Gasteiger partial charge is 0.444 e. The number of alkyl carbamates (subject to hydrolysis) is 1. The second kappa shape index (κ2) is 12.0. The van der Waals surface area contributed by atoms with Crippen molar-refractivity contribution in [2.45, 2.75) is 109 Å².